The summed E-state index contributed by atoms with van der Waals surface area (Å²) in [5.41, 5.74) is 9.04. The molecule has 0 amide bonds. The van der Waals surface area contributed by atoms with Gasteiger partial charge in [0.25, 0.3) is 0 Å². The molecule has 2 aromatic heterocycles. The molecule has 3 aromatic rings. The summed E-state index contributed by atoms with van der Waals surface area (Å²) < 4.78 is 7.54. The number of rotatable bonds is 3. The monoisotopic (exact) mass is 256 g/mol. The first-order chi connectivity index (χ1) is 9.17. The Kier molecular flexibility index (Phi) is 2.74. The van der Waals surface area contributed by atoms with Gasteiger partial charge in [-0.15, -0.1) is 0 Å². The zero-order chi connectivity index (χ0) is 13.4. The number of oxazole rings is 1. The summed E-state index contributed by atoms with van der Waals surface area (Å²) in [6.07, 6.45) is 2.60. The van der Waals surface area contributed by atoms with Gasteiger partial charge in [-0.05, 0) is 24.6 Å². The van der Waals surface area contributed by atoms with Gasteiger partial charge in [-0.25, -0.2) is 9.97 Å². The number of anilines is 1. The maximum atomic E-state index is 5.97. The fourth-order valence-electron chi connectivity index (χ4n) is 2.14. The van der Waals surface area contributed by atoms with Gasteiger partial charge in [0.05, 0.1) is 17.2 Å². The Balaban J connectivity index is 2.02. The molecule has 0 atom stereocenters. The molecular weight excluding hydrogens is 240 g/mol. The van der Waals surface area contributed by atoms with Crippen LogP contribution in [0.2, 0.25) is 0 Å². The fraction of sp³-hybridized carbons (Fsp3) is 0.286. The van der Waals surface area contributed by atoms with Crippen molar-refractivity contribution in [2.45, 2.75) is 26.8 Å². The van der Waals surface area contributed by atoms with Crippen molar-refractivity contribution < 1.29 is 4.42 Å². The van der Waals surface area contributed by atoms with Gasteiger partial charge in [0.1, 0.15) is 12.3 Å². The van der Waals surface area contributed by atoms with Crippen LogP contribution in [0.5, 0.6) is 0 Å². The van der Waals surface area contributed by atoms with E-state index in [0.29, 0.717) is 18.4 Å². The zero-order valence-electron chi connectivity index (χ0n) is 11.1. The topological polar surface area (TPSA) is 69.9 Å². The van der Waals surface area contributed by atoms with Crippen molar-refractivity contribution in [1.29, 1.82) is 0 Å². The van der Waals surface area contributed by atoms with Crippen LogP contribution in [0.25, 0.3) is 11.0 Å². The molecule has 0 aliphatic rings. The normalized spacial score (nSPS) is 11.3. The van der Waals surface area contributed by atoms with Gasteiger partial charge < -0.3 is 14.7 Å². The van der Waals surface area contributed by atoms with Gasteiger partial charge in [0.15, 0.2) is 0 Å². The Morgan fingerprint density at radius 2 is 2.21 bits per heavy atom. The van der Waals surface area contributed by atoms with E-state index in [2.05, 4.69) is 9.97 Å². The van der Waals surface area contributed by atoms with Gasteiger partial charge in [-0.2, -0.15) is 0 Å². The number of fused-ring (bicyclic) bond motifs is 1. The SMILES string of the molecule is CCc1cnc(Cn2c(N)nc3cc(C)ccc32)o1. The van der Waals surface area contributed by atoms with Crippen LogP contribution in [0.3, 0.4) is 0 Å². The molecule has 0 bridgehead atoms. The molecule has 2 heterocycles. The highest BCUT2D eigenvalue weighted by Crippen LogP contribution is 2.20. The molecule has 5 nitrogen and oxygen atoms in total. The lowest BCUT2D eigenvalue weighted by molar-refractivity contribution is 0.449. The minimum atomic E-state index is 0.483. The van der Waals surface area contributed by atoms with Crippen LogP contribution < -0.4 is 5.73 Å². The maximum absolute atomic E-state index is 5.97. The van der Waals surface area contributed by atoms with Crippen molar-refractivity contribution in [1.82, 2.24) is 14.5 Å². The van der Waals surface area contributed by atoms with Gasteiger partial charge in [-0.3, -0.25) is 0 Å². The van der Waals surface area contributed by atoms with E-state index in [-0.39, 0.29) is 0 Å². The third-order valence-electron chi connectivity index (χ3n) is 3.18. The van der Waals surface area contributed by atoms with Gasteiger partial charge >= 0.3 is 0 Å². The highest BCUT2D eigenvalue weighted by atomic mass is 16.4. The van der Waals surface area contributed by atoms with Crippen LogP contribution in [0.1, 0.15) is 24.1 Å². The van der Waals surface area contributed by atoms with Crippen LogP contribution >= 0.6 is 0 Å². The number of aryl methyl sites for hydroxylation is 2. The number of benzene rings is 1. The minimum absolute atomic E-state index is 0.483. The van der Waals surface area contributed by atoms with Crippen LogP contribution in [0.15, 0.2) is 28.8 Å². The van der Waals surface area contributed by atoms with E-state index in [1.807, 2.05) is 36.6 Å². The van der Waals surface area contributed by atoms with E-state index >= 15 is 0 Å². The molecule has 0 aliphatic carbocycles. The molecule has 0 aliphatic heterocycles. The van der Waals surface area contributed by atoms with E-state index in [1.54, 1.807) is 6.20 Å². The second-order valence-corrected chi connectivity index (χ2v) is 4.62. The van der Waals surface area contributed by atoms with E-state index in [1.165, 1.54) is 5.56 Å². The Hall–Kier alpha value is -2.30. The predicted octanol–water partition coefficient (Wildman–Crippen LogP) is 2.53. The Bertz CT molecular complexity index is 726. The molecule has 2 N–H and O–H groups in total. The van der Waals surface area contributed by atoms with Crippen LogP contribution in [0.4, 0.5) is 5.95 Å². The van der Waals surface area contributed by atoms with Crippen LogP contribution in [0, 0.1) is 6.92 Å². The van der Waals surface area contributed by atoms with Crippen molar-refractivity contribution in [3.05, 3.63) is 41.6 Å². The van der Waals surface area contributed by atoms with Gasteiger partial charge in [0.2, 0.25) is 11.8 Å². The molecule has 0 unspecified atom stereocenters. The number of aromatic nitrogens is 3. The molecule has 0 radical (unpaired) electrons. The standard InChI is InChI=1S/C14H16N4O/c1-3-10-7-16-13(19-10)8-18-12-5-4-9(2)6-11(12)17-14(18)15/h4-7H,3,8H2,1-2H3,(H2,15,17). The molecule has 19 heavy (non-hydrogen) atoms. The summed E-state index contributed by atoms with van der Waals surface area (Å²) >= 11 is 0. The third kappa shape index (κ3) is 2.07. The quantitative estimate of drug-likeness (QED) is 0.781. The number of hydrogen-bond acceptors (Lipinski definition) is 4. The molecule has 0 fully saturated rings. The lowest BCUT2D eigenvalue weighted by atomic mass is 10.2. The van der Waals surface area contributed by atoms with Crippen LogP contribution in [-0.4, -0.2) is 14.5 Å². The Morgan fingerprint density at radius 1 is 1.37 bits per heavy atom. The molecule has 0 saturated carbocycles. The number of nitrogen functional groups attached to an aromatic ring is 1. The van der Waals surface area contributed by atoms with Crippen molar-refractivity contribution >= 4 is 17.0 Å². The highest BCUT2D eigenvalue weighted by Gasteiger charge is 2.11. The summed E-state index contributed by atoms with van der Waals surface area (Å²) in [6.45, 7) is 4.58. The second-order valence-electron chi connectivity index (χ2n) is 4.62. The van der Waals surface area contributed by atoms with Crippen molar-refractivity contribution in [2.75, 3.05) is 5.73 Å². The summed E-state index contributed by atoms with van der Waals surface area (Å²) in [5.74, 6) is 2.02. The number of nitrogens with zero attached hydrogens (tertiary/aromatic N) is 3. The largest absolute Gasteiger partial charge is 0.444 e. The molecule has 3 rings (SSSR count). The zero-order valence-corrected chi connectivity index (χ0v) is 11.1. The third-order valence-corrected chi connectivity index (χ3v) is 3.18. The maximum Gasteiger partial charge on any atom is 0.214 e. The first-order valence-electron chi connectivity index (χ1n) is 6.33. The molecular formula is C14H16N4O. The summed E-state index contributed by atoms with van der Waals surface area (Å²) in [7, 11) is 0. The Morgan fingerprint density at radius 3 is 2.95 bits per heavy atom. The molecule has 0 spiro atoms. The van der Waals surface area contributed by atoms with Gasteiger partial charge in [0, 0.05) is 6.42 Å². The lowest BCUT2D eigenvalue weighted by Gasteiger charge is -2.03. The fourth-order valence-corrected chi connectivity index (χ4v) is 2.14. The summed E-state index contributed by atoms with van der Waals surface area (Å²) in [4.78, 5) is 8.62. The molecule has 5 heteroatoms. The Labute approximate surface area is 111 Å². The van der Waals surface area contributed by atoms with E-state index in [9.17, 15) is 0 Å². The number of hydrogen-bond donors (Lipinski definition) is 1. The van der Waals surface area contributed by atoms with E-state index < -0.39 is 0 Å². The number of nitrogens with two attached hydrogens (primary N) is 1. The minimum Gasteiger partial charge on any atom is -0.444 e. The van der Waals surface area contributed by atoms with Crippen molar-refractivity contribution in [3.63, 3.8) is 0 Å². The average Bonchev–Trinajstić information content (AvgIpc) is 2.95. The van der Waals surface area contributed by atoms with Crippen molar-refractivity contribution in [2.24, 2.45) is 0 Å². The van der Waals surface area contributed by atoms with Gasteiger partial charge in [-0.1, -0.05) is 13.0 Å². The van der Waals surface area contributed by atoms with E-state index in [4.69, 9.17) is 10.2 Å². The van der Waals surface area contributed by atoms with Crippen molar-refractivity contribution in [3.8, 4) is 0 Å². The predicted molar refractivity (Wildman–Crippen MR) is 73.9 cm³/mol. The molecule has 98 valence electrons. The lowest BCUT2D eigenvalue weighted by Crippen LogP contribution is -2.04. The molecule has 0 saturated heterocycles. The van der Waals surface area contributed by atoms with Crippen LogP contribution in [-0.2, 0) is 13.0 Å². The number of imidazole rings is 1. The summed E-state index contributed by atoms with van der Waals surface area (Å²) in [5, 5.41) is 0. The van der Waals surface area contributed by atoms with E-state index in [0.717, 1.165) is 23.2 Å². The average molecular weight is 256 g/mol. The summed E-state index contributed by atoms with van der Waals surface area (Å²) in [6, 6.07) is 6.10. The smallest absolute Gasteiger partial charge is 0.214 e. The molecule has 1 aromatic carbocycles. The second kappa shape index (κ2) is 4.42. The highest BCUT2D eigenvalue weighted by molar-refractivity contribution is 5.79. The first kappa shape index (κ1) is 11.8. The first-order valence-corrected chi connectivity index (χ1v) is 6.33.